The molecule has 0 bridgehead atoms. The molecule has 1 saturated heterocycles. The third-order valence-electron chi connectivity index (χ3n) is 3.57. The Hall–Kier alpha value is -1.80. The summed E-state index contributed by atoms with van der Waals surface area (Å²) in [7, 11) is -3.45. The SMILES string of the molecule is O=S(=O)(Cc1cccc(F)c1)N1CCC(n2ccnn2)C1. The molecule has 0 amide bonds. The summed E-state index contributed by atoms with van der Waals surface area (Å²) in [5.74, 6) is -0.612. The lowest BCUT2D eigenvalue weighted by atomic mass is 10.2. The molecule has 1 fully saturated rings. The molecule has 0 aliphatic carbocycles. The summed E-state index contributed by atoms with van der Waals surface area (Å²) >= 11 is 0. The van der Waals surface area contributed by atoms with E-state index in [2.05, 4.69) is 10.3 Å². The van der Waals surface area contributed by atoms with E-state index >= 15 is 0 Å². The van der Waals surface area contributed by atoms with Crippen molar-refractivity contribution < 1.29 is 12.8 Å². The first-order valence-electron chi connectivity index (χ1n) is 6.63. The van der Waals surface area contributed by atoms with Crippen LogP contribution < -0.4 is 0 Å². The molecule has 1 aromatic carbocycles. The molecule has 1 unspecified atom stereocenters. The Morgan fingerprint density at radius 1 is 1.38 bits per heavy atom. The molecule has 1 aromatic heterocycles. The highest BCUT2D eigenvalue weighted by molar-refractivity contribution is 7.88. The smallest absolute Gasteiger partial charge is 0.218 e. The summed E-state index contributed by atoms with van der Waals surface area (Å²) in [6, 6.07) is 5.69. The van der Waals surface area contributed by atoms with Crippen molar-refractivity contribution in [1.82, 2.24) is 19.3 Å². The minimum atomic E-state index is -3.45. The van der Waals surface area contributed by atoms with Gasteiger partial charge in [-0.05, 0) is 24.1 Å². The molecule has 3 rings (SSSR count). The van der Waals surface area contributed by atoms with E-state index in [0.29, 0.717) is 25.1 Å². The van der Waals surface area contributed by atoms with Crippen LogP contribution in [0, 0.1) is 5.82 Å². The average molecular weight is 310 g/mol. The van der Waals surface area contributed by atoms with Crippen molar-refractivity contribution in [1.29, 1.82) is 0 Å². The minimum Gasteiger partial charge on any atom is -0.248 e. The van der Waals surface area contributed by atoms with Crippen molar-refractivity contribution in [3.63, 3.8) is 0 Å². The van der Waals surface area contributed by atoms with Crippen LogP contribution >= 0.6 is 0 Å². The molecule has 6 nitrogen and oxygen atoms in total. The van der Waals surface area contributed by atoms with Crippen LogP contribution in [0.2, 0.25) is 0 Å². The second kappa shape index (κ2) is 5.53. The first-order chi connectivity index (χ1) is 10.0. The highest BCUT2D eigenvalue weighted by atomic mass is 32.2. The zero-order valence-corrected chi connectivity index (χ0v) is 12.1. The minimum absolute atomic E-state index is 0.00906. The zero-order chi connectivity index (χ0) is 14.9. The van der Waals surface area contributed by atoms with Crippen molar-refractivity contribution in [3.05, 3.63) is 48.0 Å². The maximum Gasteiger partial charge on any atom is 0.218 e. The van der Waals surface area contributed by atoms with E-state index < -0.39 is 15.8 Å². The number of hydrogen-bond donors (Lipinski definition) is 0. The van der Waals surface area contributed by atoms with E-state index in [0.717, 1.165) is 0 Å². The zero-order valence-electron chi connectivity index (χ0n) is 11.3. The first kappa shape index (κ1) is 14.2. The monoisotopic (exact) mass is 310 g/mol. The highest BCUT2D eigenvalue weighted by Gasteiger charge is 2.32. The molecule has 21 heavy (non-hydrogen) atoms. The summed E-state index contributed by atoms with van der Waals surface area (Å²) in [4.78, 5) is 0. The maximum absolute atomic E-state index is 13.1. The molecule has 0 saturated carbocycles. The topological polar surface area (TPSA) is 68.1 Å². The fourth-order valence-corrected chi connectivity index (χ4v) is 4.09. The largest absolute Gasteiger partial charge is 0.248 e. The van der Waals surface area contributed by atoms with E-state index in [1.807, 2.05) is 0 Å². The molecular weight excluding hydrogens is 295 g/mol. The van der Waals surface area contributed by atoms with Gasteiger partial charge >= 0.3 is 0 Å². The number of benzene rings is 1. The fraction of sp³-hybridized carbons (Fsp3) is 0.385. The molecule has 1 aliphatic rings. The standard InChI is InChI=1S/C13H15FN4O2S/c14-12-3-1-2-11(8-12)10-21(19,20)17-6-4-13(9-17)18-7-5-15-16-18/h1-3,5,7-8,13H,4,6,9-10H2. The Balaban J connectivity index is 1.71. The van der Waals surface area contributed by atoms with Crippen LogP contribution in [-0.4, -0.2) is 40.8 Å². The summed E-state index contributed by atoms with van der Waals surface area (Å²) in [5, 5.41) is 7.64. The lowest BCUT2D eigenvalue weighted by molar-refractivity contribution is 0.428. The molecule has 0 spiro atoms. The van der Waals surface area contributed by atoms with Gasteiger partial charge in [0, 0.05) is 19.3 Å². The fourth-order valence-electron chi connectivity index (χ4n) is 2.52. The predicted molar refractivity (Wildman–Crippen MR) is 74.3 cm³/mol. The van der Waals surface area contributed by atoms with Crippen LogP contribution in [0.3, 0.4) is 0 Å². The Morgan fingerprint density at radius 3 is 2.95 bits per heavy atom. The number of hydrogen-bond acceptors (Lipinski definition) is 4. The van der Waals surface area contributed by atoms with E-state index in [1.54, 1.807) is 23.1 Å². The van der Waals surface area contributed by atoms with Crippen LogP contribution in [0.15, 0.2) is 36.7 Å². The van der Waals surface area contributed by atoms with Crippen LogP contribution in [-0.2, 0) is 15.8 Å². The van der Waals surface area contributed by atoms with Gasteiger partial charge in [0.2, 0.25) is 10.0 Å². The van der Waals surface area contributed by atoms with Crippen molar-refractivity contribution in [2.45, 2.75) is 18.2 Å². The van der Waals surface area contributed by atoms with Gasteiger partial charge in [-0.3, -0.25) is 0 Å². The maximum atomic E-state index is 13.1. The summed E-state index contributed by atoms with van der Waals surface area (Å²) in [6.07, 6.45) is 4.00. The molecule has 112 valence electrons. The van der Waals surface area contributed by atoms with E-state index in [-0.39, 0.29) is 11.8 Å². The van der Waals surface area contributed by atoms with Gasteiger partial charge in [-0.15, -0.1) is 5.10 Å². The number of halogens is 1. The third kappa shape index (κ3) is 3.11. The number of nitrogens with zero attached hydrogens (tertiary/aromatic N) is 4. The van der Waals surface area contributed by atoms with Gasteiger partial charge in [-0.1, -0.05) is 17.3 Å². The van der Waals surface area contributed by atoms with E-state index in [1.165, 1.54) is 22.5 Å². The van der Waals surface area contributed by atoms with E-state index in [9.17, 15) is 12.8 Å². The van der Waals surface area contributed by atoms with Gasteiger partial charge in [0.1, 0.15) is 5.82 Å². The Bertz CT molecular complexity index is 718. The first-order valence-corrected chi connectivity index (χ1v) is 8.23. The predicted octanol–water partition coefficient (Wildman–Crippen LogP) is 1.19. The molecule has 8 heteroatoms. The summed E-state index contributed by atoms with van der Waals surface area (Å²) < 4.78 is 41.0. The van der Waals surface area contributed by atoms with Gasteiger partial charge in [0.15, 0.2) is 0 Å². The molecule has 2 heterocycles. The van der Waals surface area contributed by atoms with Crippen LogP contribution in [0.4, 0.5) is 4.39 Å². The summed E-state index contributed by atoms with van der Waals surface area (Å²) in [6.45, 7) is 0.823. The number of aromatic nitrogens is 3. The molecule has 0 N–H and O–H groups in total. The van der Waals surface area contributed by atoms with Crippen molar-refractivity contribution in [3.8, 4) is 0 Å². The van der Waals surface area contributed by atoms with E-state index in [4.69, 9.17) is 0 Å². The lowest BCUT2D eigenvalue weighted by Crippen LogP contribution is -2.30. The summed E-state index contributed by atoms with van der Waals surface area (Å²) in [5.41, 5.74) is 0.458. The Labute approximate surface area is 122 Å². The van der Waals surface area contributed by atoms with Gasteiger partial charge in [-0.25, -0.2) is 17.5 Å². The number of rotatable bonds is 4. The molecule has 1 atom stereocenters. The van der Waals surface area contributed by atoms with Crippen molar-refractivity contribution in [2.24, 2.45) is 0 Å². The van der Waals surface area contributed by atoms with Gasteiger partial charge in [0.25, 0.3) is 0 Å². The molecular formula is C13H15FN4O2S. The second-order valence-electron chi connectivity index (χ2n) is 5.07. The number of sulfonamides is 1. The van der Waals surface area contributed by atoms with Crippen molar-refractivity contribution in [2.75, 3.05) is 13.1 Å². The normalized spacial score (nSPS) is 20.0. The van der Waals surface area contributed by atoms with Crippen LogP contribution in [0.5, 0.6) is 0 Å². The highest BCUT2D eigenvalue weighted by Crippen LogP contribution is 2.24. The van der Waals surface area contributed by atoms with Crippen LogP contribution in [0.1, 0.15) is 18.0 Å². The second-order valence-corrected chi connectivity index (χ2v) is 7.04. The van der Waals surface area contributed by atoms with Gasteiger partial charge in [-0.2, -0.15) is 4.31 Å². The Kier molecular flexibility index (Phi) is 3.73. The lowest BCUT2D eigenvalue weighted by Gasteiger charge is -2.16. The average Bonchev–Trinajstić information content (AvgIpc) is 3.10. The van der Waals surface area contributed by atoms with Crippen LogP contribution in [0.25, 0.3) is 0 Å². The van der Waals surface area contributed by atoms with Gasteiger partial charge < -0.3 is 0 Å². The van der Waals surface area contributed by atoms with Gasteiger partial charge in [0.05, 0.1) is 18.0 Å². The quantitative estimate of drug-likeness (QED) is 0.851. The molecule has 0 radical (unpaired) electrons. The third-order valence-corrected chi connectivity index (χ3v) is 5.39. The Morgan fingerprint density at radius 2 is 2.24 bits per heavy atom. The van der Waals surface area contributed by atoms with Crippen molar-refractivity contribution >= 4 is 10.0 Å². The molecule has 1 aliphatic heterocycles. The molecule has 2 aromatic rings.